The first-order valence-corrected chi connectivity index (χ1v) is 13.8. The van der Waals surface area contributed by atoms with Crippen LogP contribution in [0.4, 0.5) is 0 Å². The SMILES string of the molecule is C=C(C)C1(O)CCC2C(C)(CCC3(C)C4CCC(C(C)C)C4(C)CCC23C)C1CCCO. The molecule has 2 N–H and O–H groups in total. The number of hydrogen-bond donors (Lipinski definition) is 2. The van der Waals surface area contributed by atoms with Crippen LogP contribution in [0.1, 0.15) is 113 Å². The van der Waals surface area contributed by atoms with Gasteiger partial charge in [-0.1, -0.05) is 48.1 Å². The third-order valence-corrected chi connectivity index (χ3v) is 12.8. The fraction of sp³-hybridized carbons (Fsp3) is 0.933. The van der Waals surface area contributed by atoms with Gasteiger partial charge in [0.1, 0.15) is 0 Å². The molecule has 9 atom stereocenters. The van der Waals surface area contributed by atoms with Gasteiger partial charge in [-0.3, -0.25) is 0 Å². The minimum absolute atomic E-state index is 0.124. The summed E-state index contributed by atoms with van der Waals surface area (Å²) in [5, 5.41) is 21.6. The Labute approximate surface area is 198 Å². The van der Waals surface area contributed by atoms with Crippen LogP contribution in [0.2, 0.25) is 0 Å². The summed E-state index contributed by atoms with van der Waals surface area (Å²) in [4.78, 5) is 0. The van der Waals surface area contributed by atoms with Crippen LogP contribution < -0.4 is 0 Å². The Morgan fingerprint density at radius 3 is 1.97 bits per heavy atom. The van der Waals surface area contributed by atoms with Crippen LogP contribution in [0.5, 0.6) is 0 Å². The van der Waals surface area contributed by atoms with Crippen molar-refractivity contribution >= 4 is 0 Å². The molecule has 4 fully saturated rings. The molecule has 0 saturated heterocycles. The van der Waals surface area contributed by atoms with E-state index in [1.807, 2.05) is 6.92 Å². The zero-order valence-corrected chi connectivity index (χ0v) is 22.3. The van der Waals surface area contributed by atoms with Gasteiger partial charge in [0.15, 0.2) is 0 Å². The third kappa shape index (κ3) is 3.03. The first kappa shape index (κ1) is 24.8. The number of rotatable bonds is 5. The molecule has 0 aliphatic heterocycles. The Morgan fingerprint density at radius 2 is 1.44 bits per heavy atom. The fourth-order valence-corrected chi connectivity index (χ4v) is 11.0. The molecule has 9 unspecified atom stereocenters. The Balaban J connectivity index is 1.74. The predicted molar refractivity (Wildman–Crippen MR) is 134 cm³/mol. The molecule has 32 heavy (non-hydrogen) atoms. The van der Waals surface area contributed by atoms with Crippen LogP contribution in [0.25, 0.3) is 0 Å². The molecule has 0 aromatic heterocycles. The maximum atomic E-state index is 11.9. The van der Waals surface area contributed by atoms with E-state index in [9.17, 15) is 10.2 Å². The van der Waals surface area contributed by atoms with E-state index in [4.69, 9.17) is 0 Å². The Kier molecular flexibility index (Phi) is 6.07. The summed E-state index contributed by atoms with van der Waals surface area (Å²) in [5.74, 6) is 3.36. The Hall–Kier alpha value is -0.340. The zero-order chi connectivity index (χ0) is 23.7. The van der Waals surface area contributed by atoms with Gasteiger partial charge in [0.2, 0.25) is 0 Å². The molecule has 2 heteroatoms. The molecular formula is C30H52O2. The molecule has 4 saturated carbocycles. The van der Waals surface area contributed by atoms with Crippen LogP contribution >= 0.6 is 0 Å². The molecule has 4 aliphatic carbocycles. The first-order chi connectivity index (χ1) is 14.8. The highest BCUT2D eigenvalue weighted by molar-refractivity contribution is 5.24. The van der Waals surface area contributed by atoms with Gasteiger partial charge in [-0.25, -0.2) is 0 Å². The second kappa shape index (κ2) is 7.84. The highest BCUT2D eigenvalue weighted by atomic mass is 16.3. The highest BCUT2D eigenvalue weighted by Gasteiger charge is 2.71. The van der Waals surface area contributed by atoms with E-state index in [-0.39, 0.29) is 17.9 Å². The van der Waals surface area contributed by atoms with Gasteiger partial charge in [-0.15, -0.1) is 0 Å². The minimum Gasteiger partial charge on any atom is -0.396 e. The fourth-order valence-electron chi connectivity index (χ4n) is 11.0. The number of aliphatic hydroxyl groups is 2. The van der Waals surface area contributed by atoms with E-state index in [2.05, 4.69) is 48.1 Å². The second-order valence-electron chi connectivity index (χ2n) is 14.0. The van der Waals surface area contributed by atoms with Crippen LogP contribution in [-0.4, -0.2) is 22.4 Å². The van der Waals surface area contributed by atoms with Gasteiger partial charge >= 0.3 is 0 Å². The molecule has 4 rings (SSSR count). The molecule has 0 aromatic carbocycles. The van der Waals surface area contributed by atoms with Crippen molar-refractivity contribution in [2.45, 2.75) is 118 Å². The van der Waals surface area contributed by atoms with E-state index in [1.54, 1.807) is 0 Å². The van der Waals surface area contributed by atoms with Crippen molar-refractivity contribution in [2.24, 2.45) is 51.2 Å². The van der Waals surface area contributed by atoms with Crippen LogP contribution in [0, 0.1) is 51.2 Å². The topological polar surface area (TPSA) is 40.5 Å². The van der Waals surface area contributed by atoms with Crippen molar-refractivity contribution in [3.8, 4) is 0 Å². The summed E-state index contributed by atoms with van der Waals surface area (Å²) < 4.78 is 0. The van der Waals surface area contributed by atoms with E-state index in [1.165, 1.54) is 38.5 Å². The van der Waals surface area contributed by atoms with Crippen molar-refractivity contribution in [1.29, 1.82) is 0 Å². The average Bonchev–Trinajstić information content (AvgIpc) is 3.08. The number of fused-ring (bicyclic) bond motifs is 5. The molecular weight excluding hydrogens is 392 g/mol. The molecule has 0 spiro atoms. The van der Waals surface area contributed by atoms with E-state index in [0.717, 1.165) is 49.0 Å². The van der Waals surface area contributed by atoms with Crippen molar-refractivity contribution in [2.75, 3.05) is 6.61 Å². The normalized spacial score (nSPS) is 52.9. The summed E-state index contributed by atoms with van der Waals surface area (Å²) in [6, 6.07) is 0. The van der Waals surface area contributed by atoms with Gasteiger partial charge in [-0.05, 0) is 128 Å². The highest BCUT2D eigenvalue weighted by Crippen LogP contribution is 2.77. The molecule has 184 valence electrons. The molecule has 0 radical (unpaired) electrons. The van der Waals surface area contributed by atoms with Gasteiger partial charge < -0.3 is 10.2 Å². The molecule has 0 amide bonds. The Morgan fingerprint density at radius 1 is 0.875 bits per heavy atom. The van der Waals surface area contributed by atoms with Crippen molar-refractivity contribution in [1.82, 2.24) is 0 Å². The molecule has 0 heterocycles. The summed E-state index contributed by atoms with van der Waals surface area (Å²) in [6.45, 7) is 21.9. The predicted octanol–water partition coefficient (Wildman–Crippen LogP) is 7.39. The third-order valence-electron chi connectivity index (χ3n) is 12.8. The van der Waals surface area contributed by atoms with Gasteiger partial charge in [0, 0.05) is 6.61 Å². The van der Waals surface area contributed by atoms with E-state index in [0.29, 0.717) is 22.2 Å². The van der Waals surface area contributed by atoms with Crippen LogP contribution in [0.3, 0.4) is 0 Å². The number of aliphatic hydroxyl groups excluding tert-OH is 1. The Bertz CT molecular complexity index is 743. The quantitative estimate of drug-likeness (QED) is 0.434. The van der Waals surface area contributed by atoms with Gasteiger partial charge in [-0.2, -0.15) is 0 Å². The van der Waals surface area contributed by atoms with Crippen molar-refractivity contribution in [3.05, 3.63) is 12.2 Å². The zero-order valence-electron chi connectivity index (χ0n) is 22.3. The second-order valence-corrected chi connectivity index (χ2v) is 14.0. The maximum Gasteiger partial charge on any atom is 0.0884 e. The minimum atomic E-state index is -0.774. The van der Waals surface area contributed by atoms with Crippen molar-refractivity contribution < 1.29 is 10.2 Å². The van der Waals surface area contributed by atoms with Crippen molar-refractivity contribution in [3.63, 3.8) is 0 Å². The number of hydrogen-bond acceptors (Lipinski definition) is 2. The lowest BCUT2D eigenvalue weighted by atomic mass is 9.33. The standard InChI is InChI=1S/C30H52O2/c1-20(2)22-11-12-23-26(22,5)15-17-29(8)24-13-14-30(32,21(3)4)25(10-9-19-31)27(24,6)16-18-28(23,29)7/h20,22-25,31-32H,3,9-19H2,1-2,4-8H3. The van der Waals surface area contributed by atoms with Crippen LogP contribution in [0.15, 0.2) is 12.2 Å². The van der Waals surface area contributed by atoms with E-state index < -0.39 is 5.60 Å². The lowest BCUT2D eigenvalue weighted by Gasteiger charge is -2.72. The summed E-state index contributed by atoms with van der Waals surface area (Å²) in [5.41, 5.74) is 1.52. The largest absolute Gasteiger partial charge is 0.396 e. The maximum absolute atomic E-state index is 11.9. The average molecular weight is 445 g/mol. The molecule has 4 aliphatic rings. The molecule has 0 bridgehead atoms. The molecule has 2 nitrogen and oxygen atoms in total. The van der Waals surface area contributed by atoms with Gasteiger partial charge in [0.05, 0.1) is 5.60 Å². The lowest BCUT2D eigenvalue weighted by molar-refractivity contribution is -0.245. The summed E-state index contributed by atoms with van der Waals surface area (Å²) >= 11 is 0. The summed E-state index contributed by atoms with van der Waals surface area (Å²) in [6.07, 6.45) is 11.7. The van der Waals surface area contributed by atoms with Gasteiger partial charge in [0.25, 0.3) is 0 Å². The van der Waals surface area contributed by atoms with Crippen LogP contribution in [-0.2, 0) is 0 Å². The monoisotopic (exact) mass is 444 g/mol. The lowest BCUT2D eigenvalue weighted by Crippen LogP contribution is -2.67. The first-order valence-electron chi connectivity index (χ1n) is 13.8. The van der Waals surface area contributed by atoms with E-state index >= 15 is 0 Å². The molecule has 0 aromatic rings. The smallest absolute Gasteiger partial charge is 0.0884 e. The summed E-state index contributed by atoms with van der Waals surface area (Å²) in [7, 11) is 0.